The van der Waals surface area contributed by atoms with Crippen LogP contribution in [0.3, 0.4) is 0 Å². The summed E-state index contributed by atoms with van der Waals surface area (Å²) in [6.45, 7) is 3.09. The van der Waals surface area contributed by atoms with Gasteiger partial charge in [-0.1, -0.05) is 12.1 Å². The first kappa shape index (κ1) is 23.8. The maximum absolute atomic E-state index is 13.0. The summed E-state index contributed by atoms with van der Waals surface area (Å²) in [7, 11) is 1.58. The summed E-state index contributed by atoms with van der Waals surface area (Å²) in [6, 6.07) is 17.6. The van der Waals surface area contributed by atoms with Crippen LogP contribution >= 0.6 is 0 Å². The van der Waals surface area contributed by atoms with E-state index in [-0.39, 0.29) is 30.4 Å². The van der Waals surface area contributed by atoms with Gasteiger partial charge in [-0.05, 0) is 61.0 Å². The normalized spacial score (nSPS) is 10.5. The molecule has 0 radical (unpaired) electrons. The van der Waals surface area contributed by atoms with Crippen LogP contribution in [0, 0.1) is 0 Å². The number of ether oxygens (including phenoxy) is 1. The monoisotopic (exact) mass is 448 g/mol. The van der Waals surface area contributed by atoms with Gasteiger partial charge in [-0.2, -0.15) is 0 Å². The van der Waals surface area contributed by atoms with Crippen molar-refractivity contribution in [2.24, 2.45) is 0 Å². The molecule has 0 aliphatic heterocycles. The zero-order valence-electron chi connectivity index (χ0n) is 18.9. The topological polar surface area (TPSA) is 88.9 Å². The minimum absolute atomic E-state index is 0.0864. The molecule has 1 aromatic heterocycles. The fraction of sp³-hybridized carbons (Fsp3) is 0.269. The van der Waals surface area contributed by atoms with Crippen molar-refractivity contribution in [3.63, 3.8) is 0 Å². The fourth-order valence-electron chi connectivity index (χ4n) is 3.38. The van der Waals surface area contributed by atoms with Crippen LogP contribution in [0.5, 0.6) is 5.75 Å². The average Bonchev–Trinajstić information content (AvgIpc) is 3.36. The SMILES string of the molecule is CCOc1ccc(C(=O)CCC(=O)N(Cc2ccc(C(=O)NC)cc2)Cc2ccco2)cc1. The van der Waals surface area contributed by atoms with E-state index in [9.17, 15) is 14.4 Å². The van der Waals surface area contributed by atoms with Crippen molar-refractivity contribution < 1.29 is 23.5 Å². The summed E-state index contributed by atoms with van der Waals surface area (Å²) >= 11 is 0. The molecule has 7 nitrogen and oxygen atoms in total. The molecule has 0 bridgehead atoms. The second-order valence-corrected chi connectivity index (χ2v) is 7.49. The van der Waals surface area contributed by atoms with Gasteiger partial charge in [0.1, 0.15) is 11.5 Å². The van der Waals surface area contributed by atoms with E-state index in [1.807, 2.05) is 19.1 Å². The van der Waals surface area contributed by atoms with Gasteiger partial charge in [-0.3, -0.25) is 14.4 Å². The molecular formula is C26H28N2O5. The van der Waals surface area contributed by atoms with Gasteiger partial charge in [-0.15, -0.1) is 0 Å². The first-order valence-electron chi connectivity index (χ1n) is 10.9. The molecule has 7 heteroatoms. The Morgan fingerprint density at radius 3 is 2.21 bits per heavy atom. The lowest BCUT2D eigenvalue weighted by atomic mass is 10.1. The lowest BCUT2D eigenvalue weighted by Crippen LogP contribution is -2.30. The van der Waals surface area contributed by atoms with Crippen LogP contribution in [-0.2, 0) is 17.9 Å². The highest BCUT2D eigenvalue weighted by atomic mass is 16.5. The van der Waals surface area contributed by atoms with Crippen molar-refractivity contribution in [1.29, 1.82) is 0 Å². The molecule has 33 heavy (non-hydrogen) atoms. The molecule has 0 aliphatic rings. The minimum atomic E-state index is -0.169. The third-order valence-corrected chi connectivity index (χ3v) is 5.15. The Kier molecular flexibility index (Phi) is 8.41. The Balaban J connectivity index is 1.65. The zero-order valence-corrected chi connectivity index (χ0v) is 18.9. The number of rotatable bonds is 11. The fourth-order valence-corrected chi connectivity index (χ4v) is 3.38. The van der Waals surface area contributed by atoms with E-state index in [2.05, 4.69) is 5.32 Å². The number of benzene rings is 2. The van der Waals surface area contributed by atoms with Crippen LogP contribution in [0.15, 0.2) is 71.3 Å². The highest BCUT2D eigenvalue weighted by Gasteiger charge is 2.18. The summed E-state index contributed by atoms with van der Waals surface area (Å²) < 4.78 is 10.8. The van der Waals surface area contributed by atoms with E-state index in [0.717, 1.165) is 5.56 Å². The Labute approximate surface area is 193 Å². The van der Waals surface area contributed by atoms with Gasteiger partial charge in [0.2, 0.25) is 5.91 Å². The standard InChI is InChI=1S/C26H28N2O5/c1-3-32-22-12-10-20(11-13-22)24(29)14-15-25(30)28(18-23-5-4-16-33-23)17-19-6-8-21(9-7-19)26(31)27-2/h4-13,16H,3,14-15,17-18H2,1-2H3,(H,27,31). The number of hydrogen-bond donors (Lipinski definition) is 1. The maximum Gasteiger partial charge on any atom is 0.251 e. The van der Waals surface area contributed by atoms with E-state index >= 15 is 0 Å². The van der Waals surface area contributed by atoms with Gasteiger partial charge in [0, 0.05) is 37.6 Å². The predicted octanol–water partition coefficient (Wildman–Crippen LogP) is 4.23. The van der Waals surface area contributed by atoms with Crippen LogP contribution in [0.1, 0.15) is 51.8 Å². The summed E-state index contributed by atoms with van der Waals surface area (Å²) in [5.74, 6) is 0.943. The van der Waals surface area contributed by atoms with Crippen LogP contribution in [0.4, 0.5) is 0 Å². The lowest BCUT2D eigenvalue weighted by Gasteiger charge is -2.22. The molecule has 0 unspecified atom stereocenters. The van der Waals surface area contributed by atoms with Crippen molar-refractivity contribution in [3.8, 4) is 5.75 Å². The molecule has 3 rings (SSSR count). The largest absolute Gasteiger partial charge is 0.494 e. The molecule has 0 saturated carbocycles. The molecule has 2 amide bonds. The smallest absolute Gasteiger partial charge is 0.251 e. The molecule has 0 aliphatic carbocycles. The Morgan fingerprint density at radius 1 is 0.909 bits per heavy atom. The summed E-state index contributed by atoms with van der Waals surface area (Å²) in [6.07, 6.45) is 1.76. The molecular weight excluding hydrogens is 420 g/mol. The van der Waals surface area contributed by atoms with Gasteiger partial charge in [0.25, 0.3) is 5.91 Å². The number of amides is 2. The predicted molar refractivity (Wildman–Crippen MR) is 124 cm³/mol. The van der Waals surface area contributed by atoms with Crippen LogP contribution in [-0.4, -0.2) is 36.2 Å². The molecule has 0 spiro atoms. The Morgan fingerprint density at radius 2 is 1.61 bits per heavy atom. The van der Waals surface area contributed by atoms with Gasteiger partial charge >= 0.3 is 0 Å². The number of hydrogen-bond acceptors (Lipinski definition) is 5. The van der Waals surface area contributed by atoms with E-state index in [0.29, 0.717) is 42.3 Å². The van der Waals surface area contributed by atoms with E-state index < -0.39 is 0 Å². The van der Waals surface area contributed by atoms with E-state index in [4.69, 9.17) is 9.15 Å². The van der Waals surface area contributed by atoms with Crippen molar-refractivity contribution >= 4 is 17.6 Å². The molecule has 0 atom stereocenters. The quantitative estimate of drug-likeness (QED) is 0.444. The highest BCUT2D eigenvalue weighted by Crippen LogP contribution is 2.17. The van der Waals surface area contributed by atoms with Gasteiger partial charge < -0.3 is 19.4 Å². The highest BCUT2D eigenvalue weighted by molar-refractivity contribution is 5.98. The first-order valence-corrected chi connectivity index (χ1v) is 10.9. The molecule has 1 N–H and O–H groups in total. The van der Waals surface area contributed by atoms with E-state index in [1.54, 1.807) is 66.7 Å². The van der Waals surface area contributed by atoms with Gasteiger partial charge in [-0.25, -0.2) is 0 Å². The van der Waals surface area contributed by atoms with Gasteiger partial charge in [0.15, 0.2) is 5.78 Å². The molecule has 1 heterocycles. The number of nitrogens with one attached hydrogen (secondary N) is 1. The number of nitrogens with zero attached hydrogens (tertiary/aromatic N) is 1. The Hall–Kier alpha value is -3.87. The second-order valence-electron chi connectivity index (χ2n) is 7.49. The third-order valence-electron chi connectivity index (χ3n) is 5.15. The van der Waals surface area contributed by atoms with Crippen molar-refractivity contribution in [2.45, 2.75) is 32.9 Å². The molecule has 0 fully saturated rings. The third kappa shape index (κ3) is 6.80. The van der Waals surface area contributed by atoms with Crippen molar-refractivity contribution in [3.05, 3.63) is 89.4 Å². The number of ketones is 1. The Bertz CT molecular complexity index is 1060. The molecule has 0 saturated heterocycles. The number of carbonyl (C=O) groups excluding carboxylic acids is 3. The molecule has 3 aromatic rings. The average molecular weight is 449 g/mol. The summed E-state index contributed by atoms with van der Waals surface area (Å²) in [5.41, 5.74) is 1.97. The van der Waals surface area contributed by atoms with Crippen molar-refractivity contribution in [2.75, 3.05) is 13.7 Å². The first-order chi connectivity index (χ1) is 16.0. The zero-order chi connectivity index (χ0) is 23.6. The van der Waals surface area contributed by atoms with E-state index in [1.165, 1.54) is 0 Å². The number of furan rings is 1. The maximum atomic E-state index is 13.0. The van der Waals surface area contributed by atoms with Crippen molar-refractivity contribution in [1.82, 2.24) is 10.2 Å². The summed E-state index contributed by atoms with van der Waals surface area (Å²) in [4.78, 5) is 39.0. The van der Waals surface area contributed by atoms with Crippen LogP contribution < -0.4 is 10.1 Å². The van der Waals surface area contributed by atoms with Crippen LogP contribution in [0.25, 0.3) is 0 Å². The second kappa shape index (κ2) is 11.7. The minimum Gasteiger partial charge on any atom is -0.494 e. The number of Topliss-reactive ketones (excluding diaryl/α,β-unsaturated/α-hetero) is 1. The van der Waals surface area contributed by atoms with Crippen LogP contribution in [0.2, 0.25) is 0 Å². The molecule has 2 aromatic carbocycles. The molecule has 172 valence electrons. The number of carbonyl (C=O) groups is 3. The van der Waals surface area contributed by atoms with Gasteiger partial charge in [0.05, 0.1) is 19.4 Å². The summed E-state index contributed by atoms with van der Waals surface area (Å²) in [5, 5.41) is 2.58. The lowest BCUT2D eigenvalue weighted by molar-refractivity contribution is -0.132.